The highest BCUT2D eigenvalue weighted by atomic mass is 32.1. The largest absolute Gasteiger partial charge is 0.380 e. The molecule has 0 aliphatic rings. The van der Waals surface area contributed by atoms with Crippen LogP contribution in [-0.4, -0.2) is 10.9 Å². The summed E-state index contributed by atoms with van der Waals surface area (Å²) in [5.74, 6) is -0.321. The molecule has 0 spiro atoms. The SMILES string of the molecule is Cc1ncc(CNc2ccccc2CC(N)=O)s1. The first-order chi connectivity index (χ1) is 8.65. The number of carbonyl (C=O) groups is 1. The minimum Gasteiger partial charge on any atom is -0.380 e. The summed E-state index contributed by atoms with van der Waals surface area (Å²) >= 11 is 1.66. The molecule has 0 unspecified atom stereocenters. The predicted molar refractivity (Wildman–Crippen MR) is 73.5 cm³/mol. The standard InChI is InChI=1S/C13H15N3OS/c1-9-15-7-11(18-9)8-16-12-5-3-2-4-10(12)6-13(14)17/h2-5,7,16H,6,8H2,1H3,(H2,14,17). The lowest BCUT2D eigenvalue weighted by molar-refractivity contribution is -0.117. The van der Waals surface area contributed by atoms with Gasteiger partial charge in [-0.15, -0.1) is 11.3 Å². The van der Waals surface area contributed by atoms with Crippen molar-refractivity contribution in [2.75, 3.05) is 5.32 Å². The van der Waals surface area contributed by atoms with E-state index in [0.717, 1.165) is 16.3 Å². The first kappa shape index (κ1) is 12.6. The Morgan fingerprint density at radius 1 is 1.44 bits per heavy atom. The zero-order chi connectivity index (χ0) is 13.0. The van der Waals surface area contributed by atoms with Crippen LogP contribution in [0.2, 0.25) is 0 Å². The zero-order valence-electron chi connectivity index (χ0n) is 10.1. The molecule has 1 amide bonds. The highest BCUT2D eigenvalue weighted by molar-refractivity contribution is 7.11. The van der Waals surface area contributed by atoms with E-state index in [1.165, 1.54) is 4.88 Å². The van der Waals surface area contributed by atoms with Gasteiger partial charge in [0.15, 0.2) is 0 Å². The Balaban J connectivity index is 2.06. The van der Waals surface area contributed by atoms with Gasteiger partial charge in [0.05, 0.1) is 18.0 Å². The molecule has 3 N–H and O–H groups in total. The Hall–Kier alpha value is -1.88. The third-order valence-corrected chi connectivity index (χ3v) is 3.42. The van der Waals surface area contributed by atoms with Gasteiger partial charge in [-0.25, -0.2) is 4.98 Å². The van der Waals surface area contributed by atoms with Gasteiger partial charge in [-0.05, 0) is 18.6 Å². The Morgan fingerprint density at radius 3 is 2.89 bits per heavy atom. The molecule has 5 heteroatoms. The molecule has 94 valence electrons. The van der Waals surface area contributed by atoms with Crippen molar-refractivity contribution in [2.45, 2.75) is 19.9 Å². The highest BCUT2D eigenvalue weighted by Gasteiger charge is 2.05. The smallest absolute Gasteiger partial charge is 0.221 e. The number of carbonyl (C=O) groups excluding carboxylic acids is 1. The molecule has 0 saturated heterocycles. The van der Waals surface area contributed by atoms with Crippen molar-refractivity contribution in [2.24, 2.45) is 5.73 Å². The molecule has 2 aromatic rings. The number of benzene rings is 1. The van der Waals surface area contributed by atoms with E-state index in [1.807, 2.05) is 37.4 Å². The molecular weight excluding hydrogens is 246 g/mol. The fourth-order valence-electron chi connectivity index (χ4n) is 1.70. The van der Waals surface area contributed by atoms with Crippen molar-refractivity contribution in [3.05, 3.63) is 45.9 Å². The highest BCUT2D eigenvalue weighted by Crippen LogP contribution is 2.18. The fourth-order valence-corrected chi connectivity index (χ4v) is 2.44. The maximum Gasteiger partial charge on any atom is 0.221 e. The van der Waals surface area contributed by atoms with Gasteiger partial charge in [0.2, 0.25) is 5.91 Å². The molecule has 18 heavy (non-hydrogen) atoms. The van der Waals surface area contributed by atoms with Crippen LogP contribution in [0.4, 0.5) is 5.69 Å². The number of nitrogens with one attached hydrogen (secondary N) is 1. The van der Waals surface area contributed by atoms with Gasteiger partial charge >= 0.3 is 0 Å². The summed E-state index contributed by atoms with van der Waals surface area (Å²) in [7, 11) is 0. The Morgan fingerprint density at radius 2 is 2.22 bits per heavy atom. The molecule has 0 atom stereocenters. The lowest BCUT2D eigenvalue weighted by Gasteiger charge is -2.09. The van der Waals surface area contributed by atoms with Gasteiger partial charge in [-0.1, -0.05) is 18.2 Å². The summed E-state index contributed by atoms with van der Waals surface area (Å²) in [5.41, 5.74) is 7.10. The lowest BCUT2D eigenvalue weighted by Crippen LogP contribution is -2.15. The van der Waals surface area contributed by atoms with E-state index < -0.39 is 0 Å². The molecule has 2 rings (SSSR count). The van der Waals surface area contributed by atoms with Gasteiger partial charge in [0, 0.05) is 16.8 Å². The zero-order valence-corrected chi connectivity index (χ0v) is 11.0. The normalized spacial score (nSPS) is 10.3. The molecule has 1 aromatic heterocycles. The van der Waals surface area contributed by atoms with Crippen LogP contribution in [0.1, 0.15) is 15.4 Å². The first-order valence-corrected chi connectivity index (χ1v) is 6.48. The number of thiazole rings is 1. The molecule has 1 aromatic carbocycles. The van der Waals surface area contributed by atoms with Crippen molar-refractivity contribution in [3.63, 3.8) is 0 Å². The Bertz CT molecular complexity index is 551. The monoisotopic (exact) mass is 261 g/mol. The van der Waals surface area contributed by atoms with Crippen molar-refractivity contribution < 1.29 is 4.79 Å². The quantitative estimate of drug-likeness (QED) is 0.866. The number of hydrogen-bond acceptors (Lipinski definition) is 4. The topological polar surface area (TPSA) is 68.0 Å². The molecule has 0 saturated carbocycles. The minimum atomic E-state index is -0.321. The van der Waals surface area contributed by atoms with Crippen LogP contribution in [0.5, 0.6) is 0 Å². The summed E-state index contributed by atoms with van der Waals surface area (Å²) in [6.45, 7) is 2.69. The van der Waals surface area contributed by atoms with Gasteiger partial charge in [0.25, 0.3) is 0 Å². The molecular formula is C13H15N3OS. The van der Waals surface area contributed by atoms with Crippen molar-refractivity contribution in [1.29, 1.82) is 0 Å². The van der Waals surface area contributed by atoms with Crippen LogP contribution in [0.3, 0.4) is 0 Å². The number of aryl methyl sites for hydroxylation is 1. The van der Waals surface area contributed by atoms with Gasteiger partial charge in [-0.3, -0.25) is 4.79 Å². The number of hydrogen-bond donors (Lipinski definition) is 2. The minimum absolute atomic E-state index is 0.255. The molecule has 1 heterocycles. The summed E-state index contributed by atoms with van der Waals surface area (Å²) in [6, 6.07) is 7.70. The number of nitrogens with zero attached hydrogens (tertiary/aromatic N) is 1. The van der Waals surface area contributed by atoms with Gasteiger partial charge < -0.3 is 11.1 Å². The second-order valence-corrected chi connectivity index (χ2v) is 5.32. The molecule has 0 bridgehead atoms. The van der Waals surface area contributed by atoms with Crippen LogP contribution < -0.4 is 11.1 Å². The molecule has 0 radical (unpaired) electrons. The summed E-state index contributed by atoms with van der Waals surface area (Å²) in [6.07, 6.45) is 2.12. The number of amides is 1. The maximum absolute atomic E-state index is 11.0. The van der Waals surface area contributed by atoms with E-state index in [2.05, 4.69) is 10.3 Å². The average molecular weight is 261 g/mol. The number of para-hydroxylation sites is 1. The summed E-state index contributed by atoms with van der Waals surface area (Å²) in [5, 5.41) is 4.36. The molecule has 4 nitrogen and oxygen atoms in total. The van der Waals surface area contributed by atoms with Gasteiger partial charge in [-0.2, -0.15) is 0 Å². The van der Waals surface area contributed by atoms with Crippen LogP contribution in [0, 0.1) is 6.92 Å². The molecule has 0 aliphatic carbocycles. The third-order valence-electron chi connectivity index (χ3n) is 2.50. The summed E-state index contributed by atoms with van der Waals surface area (Å²) < 4.78 is 0. The van der Waals surface area contributed by atoms with Gasteiger partial charge in [0.1, 0.15) is 0 Å². The molecule has 0 aliphatic heterocycles. The Kier molecular flexibility index (Phi) is 3.94. The van der Waals surface area contributed by atoms with Crippen LogP contribution in [-0.2, 0) is 17.8 Å². The van der Waals surface area contributed by atoms with E-state index >= 15 is 0 Å². The average Bonchev–Trinajstić information content (AvgIpc) is 2.73. The maximum atomic E-state index is 11.0. The third kappa shape index (κ3) is 3.30. The number of rotatable bonds is 5. The first-order valence-electron chi connectivity index (χ1n) is 5.66. The summed E-state index contributed by atoms with van der Waals surface area (Å²) in [4.78, 5) is 16.4. The second-order valence-electron chi connectivity index (χ2n) is 4.00. The van der Waals surface area contributed by atoms with E-state index in [9.17, 15) is 4.79 Å². The van der Waals surface area contributed by atoms with Crippen LogP contribution >= 0.6 is 11.3 Å². The van der Waals surface area contributed by atoms with E-state index in [1.54, 1.807) is 11.3 Å². The Labute approximate surface area is 110 Å². The number of nitrogens with two attached hydrogens (primary N) is 1. The lowest BCUT2D eigenvalue weighted by atomic mass is 10.1. The van der Waals surface area contributed by atoms with Crippen molar-refractivity contribution >= 4 is 22.9 Å². The number of primary amides is 1. The number of aromatic nitrogens is 1. The second kappa shape index (κ2) is 5.64. The molecule has 0 fully saturated rings. The van der Waals surface area contributed by atoms with Crippen LogP contribution in [0.25, 0.3) is 0 Å². The van der Waals surface area contributed by atoms with E-state index in [-0.39, 0.29) is 12.3 Å². The van der Waals surface area contributed by atoms with Crippen LogP contribution in [0.15, 0.2) is 30.5 Å². The van der Waals surface area contributed by atoms with Crippen molar-refractivity contribution in [3.8, 4) is 0 Å². The predicted octanol–water partition coefficient (Wildman–Crippen LogP) is 2.09. The van der Waals surface area contributed by atoms with E-state index in [4.69, 9.17) is 5.73 Å². The van der Waals surface area contributed by atoms with Crippen molar-refractivity contribution in [1.82, 2.24) is 4.98 Å². The van der Waals surface area contributed by atoms with E-state index in [0.29, 0.717) is 6.54 Å². The number of anilines is 1. The fraction of sp³-hybridized carbons (Fsp3) is 0.231.